The van der Waals surface area contributed by atoms with Gasteiger partial charge in [0, 0.05) is 11.2 Å². The van der Waals surface area contributed by atoms with Crippen LogP contribution in [0.15, 0.2) is 0 Å². The number of nitriles is 1. The fraction of sp³-hybridized carbons (Fsp3) is 0.909. The lowest BCUT2D eigenvalue weighted by Crippen LogP contribution is -2.15. The van der Waals surface area contributed by atoms with E-state index in [1.807, 2.05) is 0 Å². The van der Waals surface area contributed by atoms with Crippen LogP contribution in [0.2, 0.25) is 0 Å². The predicted molar refractivity (Wildman–Crippen MR) is 56.5 cm³/mol. The van der Waals surface area contributed by atoms with Crippen molar-refractivity contribution in [1.82, 2.24) is 0 Å². The SMILES string of the molecule is N#CC1CCC(SCC2CCC2)C1. The second-order valence-corrected chi connectivity index (χ2v) is 5.72. The molecule has 0 aromatic heterocycles. The van der Waals surface area contributed by atoms with E-state index in [9.17, 15) is 0 Å². The van der Waals surface area contributed by atoms with Gasteiger partial charge in [0.25, 0.3) is 0 Å². The molecule has 72 valence electrons. The van der Waals surface area contributed by atoms with Gasteiger partial charge in [0.15, 0.2) is 0 Å². The largest absolute Gasteiger partial charge is 0.198 e. The highest BCUT2D eigenvalue weighted by Crippen LogP contribution is 2.37. The maximum Gasteiger partial charge on any atom is 0.0656 e. The summed E-state index contributed by atoms with van der Waals surface area (Å²) < 4.78 is 0. The minimum atomic E-state index is 0.374. The standard InChI is InChI=1S/C11H17NS/c12-7-10-4-5-11(6-10)13-8-9-2-1-3-9/h9-11H,1-6,8H2. The Kier molecular flexibility index (Phi) is 3.16. The molecular formula is C11H17NS. The maximum atomic E-state index is 8.76. The van der Waals surface area contributed by atoms with Crippen molar-refractivity contribution in [2.75, 3.05) is 5.75 Å². The Morgan fingerprint density at radius 1 is 1.23 bits per heavy atom. The molecule has 2 atom stereocenters. The van der Waals surface area contributed by atoms with Crippen LogP contribution in [0.1, 0.15) is 38.5 Å². The number of rotatable bonds is 3. The van der Waals surface area contributed by atoms with Crippen LogP contribution >= 0.6 is 11.8 Å². The van der Waals surface area contributed by atoms with E-state index in [0.717, 1.165) is 24.0 Å². The van der Waals surface area contributed by atoms with Gasteiger partial charge in [0.2, 0.25) is 0 Å². The number of hydrogen-bond donors (Lipinski definition) is 0. The molecule has 0 aliphatic heterocycles. The highest BCUT2D eigenvalue weighted by atomic mass is 32.2. The molecule has 0 amide bonds. The predicted octanol–water partition coefficient (Wildman–Crippen LogP) is 3.21. The van der Waals surface area contributed by atoms with Gasteiger partial charge in [-0.3, -0.25) is 0 Å². The number of nitrogens with zero attached hydrogens (tertiary/aromatic N) is 1. The Morgan fingerprint density at radius 3 is 2.62 bits per heavy atom. The lowest BCUT2D eigenvalue weighted by Gasteiger charge is -2.25. The number of thioether (sulfide) groups is 1. The summed E-state index contributed by atoms with van der Waals surface area (Å²) in [6, 6.07) is 2.40. The zero-order valence-corrected chi connectivity index (χ0v) is 8.85. The van der Waals surface area contributed by atoms with Crippen molar-refractivity contribution in [3.8, 4) is 6.07 Å². The summed E-state index contributed by atoms with van der Waals surface area (Å²) in [7, 11) is 0. The first-order valence-electron chi connectivity index (χ1n) is 5.39. The average Bonchev–Trinajstić information content (AvgIpc) is 2.49. The van der Waals surface area contributed by atoms with Gasteiger partial charge < -0.3 is 0 Å². The Hall–Kier alpha value is -0.160. The van der Waals surface area contributed by atoms with Gasteiger partial charge in [-0.25, -0.2) is 0 Å². The molecule has 0 spiro atoms. The van der Waals surface area contributed by atoms with Gasteiger partial charge in [0.05, 0.1) is 6.07 Å². The summed E-state index contributed by atoms with van der Waals surface area (Å²) in [4.78, 5) is 0. The quantitative estimate of drug-likeness (QED) is 0.690. The van der Waals surface area contributed by atoms with Crippen molar-refractivity contribution in [3.63, 3.8) is 0 Å². The highest BCUT2D eigenvalue weighted by Gasteiger charge is 2.26. The summed E-state index contributed by atoms with van der Waals surface area (Å²) in [5.41, 5.74) is 0. The summed E-state index contributed by atoms with van der Waals surface area (Å²) in [5, 5.41) is 9.57. The normalized spacial score (nSPS) is 34.1. The topological polar surface area (TPSA) is 23.8 Å². The van der Waals surface area contributed by atoms with Crippen molar-refractivity contribution < 1.29 is 0 Å². The van der Waals surface area contributed by atoms with E-state index in [2.05, 4.69) is 17.8 Å². The maximum absolute atomic E-state index is 8.76. The van der Waals surface area contributed by atoms with Gasteiger partial charge in [-0.1, -0.05) is 6.42 Å². The van der Waals surface area contributed by atoms with Crippen molar-refractivity contribution in [2.45, 2.75) is 43.8 Å². The molecule has 0 N–H and O–H groups in total. The fourth-order valence-corrected chi connectivity index (χ4v) is 3.69. The second-order valence-electron chi connectivity index (χ2n) is 4.39. The summed E-state index contributed by atoms with van der Waals surface area (Å²) in [6.45, 7) is 0. The molecule has 2 aliphatic rings. The van der Waals surface area contributed by atoms with Crippen LogP contribution in [0, 0.1) is 23.2 Å². The van der Waals surface area contributed by atoms with Crippen molar-refractivity contribution in [1.29, 1.82) is 5.26 Å². The molecule has 0 aromatic rings. The minimum Gasteiger partial charge on any atom is -0.198 e. The van der Waals surface area contributed by atoms with Crippen LogP contribution in [-0.4, -0.2) is 11.0 Å². The van der Waals surface area contributed by atoms with Crippen molar-refractivity contribution >= 4 is 11.8 Å². The van der Waals surface area contributed by atoms with E-state index in [1.54, 1.807) is 0 Å². The molecule has 1 nitrogen and oxygen atoms in total. The molecule has 0 bridgehead atoms. The third kappa shape index (κ3) is 2.40. The molecule has 0 radical (unpaired) electrons. The van der Waals surface area contributed by atoms with Crippen molar-refractivity contribution in [3.05, 3.63) is 0 Å². The molecule has 2 fully saturated rings. The molecule has 13 heavy (non-hydrogen) atoms. The summed E-state index contributed by atoms with van der Waals surface area (Å²) in [5.74, 6) is 2.76. The highest BCUT2D eigenvalue weighted by molar-refractivity contribution is 7.99. The second kappa shape index (κ2) is 4.37. The van der Waals surface area contributed by atoms with E-state index in [4.69, 9.17) is 5.26 Å². The molecule has 2 unspecified atom stereocenters. The zero-order valence-electron chi connectivity index (χ0n) is 8.04. The third-order valence-corrected chi connectivity index (χ3v) is 4.92. The molecular weight excluding hydrogens is 178 g/mol. The van der Waals surface area contributed by atoms with Crippen LogP contribution in [0.25, 0.3) is 0 Å². The smallest absolute Gasteiger partial charge is 0.0656 e. The van der Waals surface area contributed by atoms with Gasteiger partial charge >= 0.3 is 0 Å². The zero-order chi connectivity index (χ0) is 9.10. The van der Waals surface area contributed by atoms with Crippen LogP contribution in [0.4, 0.5) is 0 Å². The molecule has 2 heteroatoms. The fourth-order valence-electron chi connectivity index (χ4n) is 2.14. The van der Waals surface area contributed by atoms with Crippen molar-refractivity contribution in [2.24, 2.45) is 11.8 Å². The van der Waals surface area contributed by atoms with Crippen LogP contribution in [-0.2, 0) is 0 Å². The Balaban J connectivity index is 1.63. The number of hydrogen-bond acceptors (Lipinski definition) is 2. The van der Waals surface area contributed by atoms with Crippen LogP contribution in [0.3, 0.4) is 0 Å². The monoisotopic (exact) mass is 195 g/mol. The lowest BCUT2D eigenvalue weighted by atomic mass is 9.87. The van der Waals surface area contributed by atoms with Gasteiger partial charge in [-0.2, -0.15) is 17.0 Å². The third-order valence-electron chi connectivity index (χ3n) is 3.36. The van der Waals surface area contributed by atoms with E-state index in [1.165, 1.54) is 31.4 Å². The van der Waals surface area contributed by atoms with Gasteiger partial charge in [0.1, 0.15) is 0 Å². The van der Waals surface area contributed by atoms with Crippen LogP contribution < -0.4 is 0 Å². The molecule has 2 aliphatic carbocycles. The molecule has 2 rings (SSSR count). The Bertz CT molecular complexity index is 205. The lowest BCUT2D eigenvalue weighted by molar-refractivity contribution is 0.353. The molecule has 0 saturated heterocycles. The van der Waals surface area contributed by atoms with Gasteiger partial charge in [-0.15, -0.1) is 0 Å². The molecule has 0 heterocycles. The minimum absolute atomic E-state index is 0.374. The molecule has 2 saturated carbocycles. The van der Waals surface area contributed by atoms with Gasteiger partial charge in [-0.05, 0) is 43.8 Å². The first-order chi connectivity index (χ1) is 6.38. The first-order valence-corrected chi connectivity index (χ1v) is 6.44. The molecule has 0 aromatic carbocycles. The van der Waals surface area contributed by atoms with E-state index >= 15 is 0 Å². The summed E-state index contributed by atoms with van der Waals surface area (Å²) in [6.07, 6.45) is 7.97. The Labute approximate surface area is 84.9 Å². The van der Waals surface area contributed by atoms with E-state index in [0.29, 0.717) is 5.92 Å². The van der Waals surface area contributed by atoms with E-state index in [-0.39, 0.29) is 0 Å². The van der Waals surface area contributed by atoms with Crippen LogP contribution in [0.5, 0.6) is 0 Å². The average molecular weight is 195 g/mol. The first kappa shape index (κ1) is 9.40. The Morgan fingerprint density at radius 2 is 2.08 bits per heavy atom. The van der Waals surface area contributed by atoms with E-state index < -0.39 is 0 Å². The summed E-state index contributed by atoms with van der Waals surface area (Å²) >= 11 is 2.14.